The zero-order chi connectivity index (χ0) is 25.4. The summed E-state index contributed by atoms with van der Waals surface area (Å²) in [4.78, 5) is 25.3. The predicted octanol–water partition coefficient (Wildman–Crippen LogP) is 4.84. The van der Waals surface area contributed by atoms with E-state index in [1.807, 2.05) is 0 Å². The molecular weight excluding hydrogens is 452 g/mol. The van der Waals surface area contributed by atoms with Crippen molar-refractivity contribution in [2.24, 2.45) is 0 Å². The van der Waals surface area contributed by atoms with E-state index in [4.69, 9.17) is 28.4 Å². The molecule has 0 unspecified atom stereocenters. The van der Waals surface area contributed by atoms with E-state index in [9.17, 15) is 9.59 Å². The number of carbonyl (C=O) groups is 2. The lowest BCUT2D eigenvalue weighted by Crippen LogP contribution is -2.10. The second-order valence-electron chi connectivity index (χ2n) is 7.13. The van der Waals surface area contributed by atoms with E-state index in [1.165, 1.54) is 39.5 Å². The highest BCUT2D eigenvalue weighted by molar-refractivity contribution is 6.07. The molecule has 8 nitrogen and oxygen atoms in total. The summed E-state index contributed by atoms with van der Waals surface area (Å²) < 4.78 is 31.8. The zero-order valence-electron chi connectivity index (χ0n) is 20.1. The summed E-state index contributed by atoms with van der Waals surface area (Å²) >= 11 is 0. The van der Waals surface area contributed by atoms with Gasteiger partial charge in [0.1, 0.15) is 17.2 Å². The average Bonchev–Trinajstić information content (AvgIpc) is 2.90. The maximum Gasteiger partial charge on any atom is 0.343 e. The van der Waals surface area contributed by atoms with Crippen LogP contribution in [0.1, 0.15) is 26.3 Å². The molecule has 182 valence electrons. The topological polar surface area (TPSA) is 89.5 Å². The van der Waals surface area contributed by atoms with Gasteiger partial charge in [0.05, 0.1) is 41.1 Å². The summed E-state index contributed by atoms with van der Waals surface area (Å²) in [5.41, 5.74) is 1.38. The first-order chi connectivity index (χ1) is 16.9. The van der Waals surface area contributed by atoms with Crippen molar-refractivity contribution in [2.45, 2.75) is 0 Å². The Balaban J connectivity index is 1.72. The van der Waals surface area contributed by atoms with Gasteiger partial charge in [-0.05, 0) is 60.7 Å². The van der Waals surface area contributed by atoms with Crippen molar-refractivity contribution in [1.29, 1.82) is 0 Å². The molecule has 0 N–H and O–H groups in total. The van der Waals surface area contributed by atoms with E-state index < -0.39 is 5.97 Å². The highest BCUT2D eigenvalue weighted by atomic mass is 16.5. The normalized spacial score (nSPS) is 10.5. The van der Waals surface area contributed by atoms with Crippen LogP contribution in [0.4, 0.5) is 0 Å². The number of ketones is 1. The Morgan fingerprint density at radius 1 is 0.629 bits per heavy atom. The fourth-order valence-corrected chi connectivity index (χ4v) is 3.27. The van der Waals surface area contributed by atoms with Crippen molar-refractivity contribution in [1.82, 2.24) is 0 Å². The average molecular weight is 478 g/mol. The second-order valence-corrected chi connectivity index (χ2v) is 7.13. The number of allylic oxidation sites excluding steroid dienone is 1. The van der Waals surface area contributed by atoms with Crippen LogP contribution in [0.3, 0.4) is 0 Å². The van der Waals surface area contributed by atoms with E-state index in [2.05, 4.69) is 0 Å². The number of carbonyl (C=O) groups excluding carboxylic acids is 2. The first-order valence-electron chi connectivity index (χ1n) is 10.5. The summed E-state index contributed by atoms with van der Waals surface area (Å²) in [6.45, 7) is 0. The van der Waals surface area contributed by atoms with Gasteiger partial charge in [0.15, 0.2) is 17.3 Å². The van der Waals surface area contributed by atoms with E-state index in [-0.39, 0.29) is 17.1 Å². The molecule has 8 heteroatoms. The van der Waals surface area contributed by atoms with Crippen LogP contribution in [0, 0.1) is 0 Å². The quantitative estimate of drug-likeness (QED) is 0.177. The Hall–Kier alpha value is -4.46. The number of methoxy groups -OCH3 is 5. The maximum atomic E-state index is 12.7. The molecule has 3 rings (SSSR count). The number of benzene rings is 3. The minimum atomic E-state index is -0.616. The molecule has 0 amide bonds. The molecule has 0 aliphatic rings. The van der Waals surface area contributed by atoms with Gasteiger partial charge in [-0.25, -0.2) is 4.79 Å². The third-order valence-corrected chi connectivity index (χ3v) is 5.10. The lowest BCUT2D eigenvalue weighted by molar-refractivity contribution is 0.0733. The SMILES string of the molecule is COc1ccc(/C=C/C(=O)c2ccc(OC(=O)c3cc(OC)c(OC)c(OC)c3)cc2)c(OC)c1. The van der Waals surface area contributed by atoms with Gasteiger partial charge < -0.3 is 28.4 Å². The van der Waals surface area contributed by atoms with Gasteiger partial charge >= 0.3 is 5.97 Å². The van der Waals surface area contributed by atoms with E-state index in [1.54, 1.807) is 62.8 Å². The number of esters is 1. The van der Waals surface area contributed by atoms with Crippen molar-refractivity contribution in [3.8, 4) is 34.5 Å². The molecule has 0 heterocycles. The molecule has 0 radical (unpaired) electrons. The van der Waals surface area contributed by atoms with Crippen LogP contribution in [0.25, 0.3) is 6.08 Å². The smallest absolute Gasteiger partial charge is 0.343 e. The third kappa shape index (κ3) is 5.92. The van der Waals surface area contributed by atoms with Crippen LogP contribution < -0.4 is 28.4 Å². The number of hydrogen-bond acceptors (Lipinski definition) is 8. The second kappa shape index (κ2) is 11.6. The van der Waals surface area contributed by atoms with Crippen LogP contribution >= 0.6 is 0 Å². The summed E-state index contributed by atoms with van der Waals surface area (Å²) in [5, 5.41) is 0. The van der Waals surface area contributed by atoms with Crippen LogP contribution in [-0.4, -0.2) is 47.3 Å². The van der Waals surface area contributed by atoms with Gasteiger partial charge in [-0.15, -0.1) is 0 Å². The Bertz CT molecular complexity index is 1200. The molecule has 0 bridgehead atoms. The van der Waals surface area contributed by atoms with Gasteiger partial charge in [0, 0.05) is 17.2 Å². The zero-order valence-corrected chi connectivity index (χ0v) is 20.1. The molecule has 0 fully saturated rings. The van der Waals surface area contributed by atoms with Gasteiger partial charge in [0.2, 0.25) is 5.75 Å². The van der Waals surface area contributed by atoms with Crippen molar-refractivity contribution in [3.63, 3.8) is 0 Å². The lowest BCUT2D eigenvalue weighted by atomic mass is 10.1. The molecule has 0 saturated heterocycles. The largest absolute Gasteiger partial charge is 0.497 e. The van der Waals surface area contributed by atoms with Crippen molar-refractivity contribution in [3.05, 3.63) is 77.4 Å². The van der Waals surface area contributed by atoms with Crippen molar-refractivity contribution < 1.29 is 38.0 Å². The fourth-order valence-electron chi connectivity index (χ4n) is 3.27. The van der Waals surface area contributed by atoms with Crippen LogP contribution in [0.5, 0.6) is 34.5 Å². The Kier molecular flexibility index (Phi) is 8.34. The minimum absolute atomic E-state index is 0.217. The Morgan fingerprint density at radius 3 is 1.77 bits per heavy atom. The molecule has 0 aliphatic heterocycles. The first-order valence-corrected chi connectivity index (χ1v) is 10.5. The number of hydrogen-bond donors (Lipinski definition) is 0. The van der Waals surface area contributed by atoms with Crippen LogP contribution in [-0.2, 0) is 0 Å². The third-order valence-electron chi connectivity index (χ3n) is 5.10. The molecule has 0 aromatic heterocycles. The molecule has 0 saturated carbocycles. The van der Waals surface area contributed by atoms with Gasteiger partial charge in [-0.3, -0.25) is 4.79 Å². The summed E-state index contributed by atoms with van der Waals surface area (Å²) in [7, 11) is 7.51. The van der Waals surface area contributed by atoms with E-state index in [0.717, 1.165) is 5.56 Å². The fraction of sp³-hybridized carbons (Fsp3) is 0.185. The highest BCUT2D eigenvalue weighted by Crippen LogP contribution is 2.38. The summed E-state index contributed by atoms with van der Waals surface area (Å²) in [6.07, 6.45) is 3.11. The molecule has 3 aromatic rings. The molecule has 0 atom stereocenters. The summed E-state index contributed by atoms with van der Waals surface area (Å²) in [6, 6.07) is 14.6. The maximum absolute atomic E-state index is 12.7. The highest BCUT2D eigenvalue weighted by Gasteiger charge is 2.18. The Morgan fingerprint density at radius 2 is 1.23 bits per heavy atom. The molecule has 0 spiro atoms. The molecular formula is C27H26O8. The number of ether oxygens (including phenoxy) is 6. The predicted molar refractivity (Wildman–Crippen MR) is 130 cm³/mol. The van der Waals surface area contributed by atoms with Gasteiger partial charge in [-0.1, -0.05) is 0 Å². The first kappa shape index (κ1) is 25.2. The Labute approximate surface area is 203 Å². The van der Waals surface area contributed by atoms with Crippen molar-refractivity contribution in [2.75, 3.05) is 35.5 Å². The molecule has 0 aliphatic carbocycles. The summed E-state index contributed by atoms with van der Waals surface area (Å²) in [5.74, 6) is 1.72. The van der Waals surface area contributed by atoms with Crippen LogP contribution in [0.15, 0.2) is 60.7 Å². The van der Waals surface area contributed by atoms with E-state index >= 15 is 0 Å². The minimum Gasteiger partial charge on any atom is -0.497 e. The molecule has 35 heavy (non-hydrogen) atoms. The van der Waals surface area contributed by atoms with Crippen molar-refractivity contribution >= 4 is 17.8 Å². The van der Waals surface area contributed by atoms with Gasteiger partial charge in [-0.2, -0.15) is 0 Å². The van der Waals surface area contributed by atoms with E-state index in [0.29, 0.717) is 34.3 Å². The monoisotopic (exact) mass is 478 g/mol. The van der Waals surface area contributed by atoms with Gasteiger partial charge in [0.25, 0.3) is 0 Å². The van der Waals surface area contributed by atoms with Crippen LogP contribution in [0.2, 0.25) is 0 Å². The standard InChI is InChI=1S/C27H26O8/c1-30-21-12-8-18(23(16-21)31-2)9-13-22(28)17-6-10-20(11-7-17)35-27(29)19-14-24(32-3)26(34-5)25(15-19)33-4/h6-16H,1-5H3/b13-9+. The molecule has 3 aromatic carbocycles. The lowest BCUT2D eigenvalue weighted by Gasteiger charge is -2.13. The number of rotatable bonds is 10.